The van der Waals surface area contributed by atoms with Crippen LogP contribution in [-0.4, -0.2) is 38.2 Å². The summed E-state index contributed by atoms with van der Waals surface area (Å²) in [6, 6.07) is -0.939. The van der Waals surface area contributed by atoms with Gasteiger partial charge in [-0.2, -0.15) is 0 Å². The Balaban J connectivity index is 3.63. The van der Waals surface area contributed by atoms with E-state index in [1.807, 2.05) is 0 Å². The summed E-state index contributed by atoms with van der Waals surface area (Å²) in [5.41, 5.74) is 10.2. The van der Waals surface area contributed by atoms with E-state index in [0.29, 0.717) is 0 Å². The van der Waals surface area contributed by atoms with Gasteiger partial charge in [0.25, 0.3) is 0 Å². The highest BCUT2D eigenvalue weighted by molar-refractivity contribution is 5.76. The lowest BCUT2D eigenvalue weighted by molar-refractivity contribution is -0.148. The first-order valence-electron chi connectivity index (χ1n) is 3.31. The number of ether oxygens (including phenoxy) is 2. The first-order chi connectivity index (χ1) is 5.61. The average Bonchev–Trinajstić information content (AvgIpc) is 2.11. The zero-order chi connectivity index (χ0) is 9.56. The smallest absolute Gasteiger partial charge is 0.326 e. The molecular formula is C6H12N2O4. The van der Waals surface area contributed by atoms with E-state index in [9.17, 15) is 9.59 Å². The molecule has 0 aliphatic rings. The van der Waals surface area contributed by atoms with Gasteiger partial charge < -0.3 is 20.9 Å². The van der Waals surface area contributed by atoms with Gasteiger partial charge in [-0.25, -0.2) is 0 Å². The van der Waals surface area contributed by atoms with E-state index in [1.165, 1.54) is 7.11 Å². The standard InChI is InChI=1S/C6H12N2O4/c1-11-6(10)4(8)3-12-5(9)2-7/h4H,2-3,7-8H2,1H3/t4-/m0/s1. The minimum atomic E-state index is -0.939. The van der Waals surface area contributed by atoms with Gasteiger partial charge in [0.2, 0.25) is 0 Å². The molecule has 0 amide bonds. The highest BCUT2D eigenvalue weighted by atomic mass is 16.5. The van der Waals surface area contributed by atoms with Crippen LogP contribution < -0.4 is 11.5 Å². The molecule has 0 aromatic rings. The Morgan fingerprint density at radius 2 is 2.08 bits per heavy atom. The van der Waals surface area contributed by atoms with Crippen LogP contribution >= 0.6 is 0 Å². The molecule has 6 nitrogen and oxygen atoms in total. The Hall–Kier alpha value is -1.14. The normalized spacial score (nSPS) is 11.9. The van der Waals surface area contributed by atoms with Gasteiger partial charge in [-0.05, 0) is 0 Å². The number of hydrogen-bond donors (Lipinski definition) is 2. The Bertz CT molecular complexity index is 171. The number of carbonyl (C=O) groups is 2. The molecule has 4 N–H and O–H groups in total. The zero-order valence-electron chi connectivity index (χ0n) is 6.78. The molecule has 0 aromatic carbocycles. The maximum absolute atomic E-state index is 10.6. The van der Waals surface area contributed by atoms with Crippen LogP contribution in [0.2, 0.25) is 0 Å². The third kappa shape index (κ3) is 3.89. The first-order valence-corrected chi connectivity index (χ1v) is 3.31. The van der Waals surface area contributed by atoms with Gasteiger partial charge in [-0.3, -0.25) is 9.59 Å². The lowest BCUT2D eigenvalue weighted by Gasteiger charge is -2.08. The van der Waals surface area contributed by atoms with Gasteiger partial charge in [0.1, 0.15) is 12.6 Å². The second-order valence-corrected chi connectivity index (χ2v) is 2.02. The van der Waals surface area contributed by atoms with Crippen LogP contribution in [-0.2, 0) is 19.1 Å². The number of rotatable bonds is 4. The van der Waals surface area contributed by atoms with Crippen LogP contribution in [0.4, 0.5) is 0 Å². The summed E-state index contributed by atoms with van der Waals surface area (Å²) in [7, 11) is 1.20. The molecule has 0 saturated carbocycles. The van der Waals surface area contributed by atoms with Crippen molar-refractivity contribution >= 4 is 11.9 Å². The number of methoxy groups -OCH3 is 1. The van der Waals surface area contributed by atoms with Crippen LogP contribution in [0.1, 0.15) is 0 Å². The van der Waals surface area contributed by atoms with E-state index < -0.39 is 18.0 Å². The molecule has 0 aliphatic carbocycles. The first kappa shape index (κ1) is 10.9. The van der Waals surface area contributed by atoms with Crippen molar-refractivity contribution < 1.29 is 19.1 Å². The van der Waals surface area contributed by atoms with Gasteiger partial charge in [0.05, 0.1) is 13.7 Å². The van der Waals surface area contributed by atoms with E-state index in [1.54, 1.807) is 0 Å². The molecule has 0 saturated heterocycles. The molecule has 0 bridgehead atoms. The predicted octanol–water partition coefficient (Wildman–Crippen LogP) is -2.01. The Labute approximate surface area is 69.8 Å². The summed E-state index contributed by atoms with van der Waals surface area (Å²) in [6.07, 6.45) is 0. The van der Waals surface area contributed by atoms with Gasteiger partial charge in [-0.1, -0.05) is 0 Å². The van der Waals surface area contributed by atoms with Crippen molar-refractivity contribution in [1.82, 2.24) is 0 Å². The SMILES string of the molecule is COC(=O)[C@@H](N)COC(=O)CN. The minimum absolute atomic E-state index is 0.206. The van der Waals surface area contributed by atoms with Gasteiger partial charge in [-0.15, -0.1) is 0 Å². The van der Waals surface area contributed by atoms with Crippen LogP contribution in [0.15, 0.2) is 0 Å². The summed E-state index contributed by atoms with van der Waals surface area (Å²) in [4.78, 5) is 21.1. The van der Waals surface area contributed by atoms with Crippen molar-refractivity contribution in [2.24, 2.45) is 11.5 Å². The maximum atomic E-state index is 10.6. The summed E-state index contributed by atoms with van der Waals surface area (Å²) >= 11 is 0. The Kier molecular flexibility index (Phi) is 4.98. The molecule has 1 atom stereocenters. The van der Waals surface area contributed by atoms with Crippen molar-refractivity contribution in [2.45, 2.75) is 6.04 Å². The molecule has 0 spiro atoms. The fourth-order valence-corrected chi connectivity index (χ4v) is 0.461. The van der Waals surface area contributed by atoms with Crippen LogP contribution in [0, 0.1) is 0 Å². The van der Waals surface area contributed by atoms with Crippen LogP contribution in [0.3, 0.4) is 0 Å². The molecule has 0 aliphatic heterocycles. The molecule has 70 valence electrons. The van der Waals surface area contributed by atoms with Crippen LogP contribution in [0.25, 0.3) is 0 Å². The summed E-state index contributed by atoms with van der Waals surface area (Å²) in [6.45, 7) is -0.434. The van der Waals surface area contributed by atoms with Gasteiger partial charge in [0, 0.05) is 0 Å². The van der Waals surface area contributed by atoms with Crippen molar-refractivity contribution in [1.29, 1.82) is 0 Å². The average molecular weight is 176 g/mol. The lowest BCUT2D eigenvalue weighted by atomic mass is 10.3. The van der Waals surface area contributed by atoms with Gasteiger partial charge >= 0.3 is 11.9 Å². The van der Waals surface area contributed by atoms with E-state index in [4.69, 9.17) is 11.5 Å². The maximum Gasteiger partial charge on any atom is 0.326 e. The molecule has 6 heteroatoms. The topological polar surface area (TPSA) is 105 Å². The van der Waals surface area contributed by atoms with Crippen LogP contribution in [0.5, 0.6) is 0 Å². The third-order valence-electron chi connectivity index (χ3n) is 1.09. The summed E-state index contributed by atoms with van der Waals surface area (Å²) in [5, 5.41) is 0. The molecule has 0 aromatic heterocycles. The van der Waals surface area contributed by atoms with E-state index in [-0.39, 0.29) is 13.2 Å². The van der Waals surface area contributed by atoms with Gasteiger partial charge in [0.15, 0.2) is 0 Å². The molecule has 0 radical (unpaired) electrons. The fourth-order valence-electron chi connectivity index (χ4n) is 0.461. The molecule has 0 unspecified atom stereocenters. The molecule has 0 fully saturated rings. The van der Waals surface area contributed by atoms with E-state index in [2.05, 4.69) is 9.47 Å². The number of esters is 2. The van der Waals surface area contributed by atoms with Crippen molar-refractivity contribution in [3.8, 4) is 0 Å². The minimum Gasteiger partial charge on any atom is -0.468 e. The third-order valence-corrected chi connectivity index (χ3v) is 1.09. The Morgan fingerprint density at radius 1 is 1.50 bits per heavy atom. The highest BCUT2D eigenvalue weighted by Gasteiger charge is 2.15. The molecular weight excluding hydrogens is 164 g/mol. The Morgan fingerprint density at radius 3 is 2.50 bits per heavy atom. The molecule has 0 heterocycles. The summed E-state index contributed by atoms with van der Waals surface area (Å²) < 4.78 is 8.78. The lowest BCUT2D eigenvalue weighted by Crippen LogP contribution is -2.37. The van der Waals surface area contributed by atoms with Crippen molar-refractivity contribution in [3.05, 3.63) is 0 Å². The second kappa shape index (κ2) is 5.50. The zero-order valence-corrected chi connectivity index (χ0v) is 6.78. The quantitative estimate of drug-likeness (QED) is 0.479. The van der Waals surface area contributed by atoms with E-state index in [0.717, 1.165) is 0 Å². The molecule has 12 heavy (non-hydrogen) atoms. The molecule has 0 rings (SSSR count). The number of carbonyl (C=O) groups excluding carboxylic acids is 2. The number of nitrogens with two attached hydrogens (primary N) is 2. The monoisotopic (exact) mass is 176 g/mol. The number of hydrogen-bond acceptors (Lipinski definition) is 6. The summed E-state index contributed by atoms with van der Waals surface area (Å²) in [5.74, 6) is -1.23. The fraction of sp³-hybridized carbons (Fsp3) is 0.667. The second-order valence-electron chi connectivity index (χ2n) is 2.02. The van der Waals surface area contributed by atoms with E-state index >= 15 is 0 Å². The largest absolute Gasteiger partial charge is 0.468 e. The van der Waals surface area contributed by atoms with Crippen molar-refractivity contribution in [2.75, 3.05) is 20.3 Å². The predicted molar refractivity (Wildman–Crippen MR) is 40.0 cm³/mol. The van der Waals surface area contributed by atoms with Crippen molar-refractivity contribution in [3.63, 3.8) is 0 Å². The highest BCUT2D eigenvalue weighted by Crippen LogP contribution is 1.85.